The van der Waals surface area contributed by atoms with Gasteiger partial charge >= 0.3 is 5.97 Å². The van der Waals surface area contributed by atoms with E-state index in [0.29, 0.717) is 17.8 Å². The molecule has 0 atom stereocenters. The smallest absolute Gasteiger partial charge is 0.338 e. The van der Waals surface area contributed by atoms with Crippen LogP contribution in [0.2, 0.25) is 0 Å². The molecular formula is C14H22O3. The number of esters is 1. The van der Waals surface area contributed by atoms with Crippen molar-refractivity contribution in [2.75, 3.05) is 7.11 Å². The Labute approximate surface area is 103 Å². The molecule has 0 aromatic heterocycles. The highest BCUT2D eigenvalue weighted by Crippen LogP contribution is 2.29. The number of methoxy groups -OCH3 is 1. The number of ether oxygens (including phenoxy) is 2. The SMILES string of the molecule is CCC1=CCCC(C(=O)OC(C)(C)C)=C1OC. The van der Waals surface area contributed by atoms with Gasteiger partial charge in [-0.3, -0.25) is 0 Å². The maximum Gasteiger partial charge on any atom is 0.338 e. The number of hydrogen-bond acceptors (Lipinski definition) is 3. The molecular weight excluding hydrogens is 216 g/mol. The molecule has 3 nitrogen and oxygen atoms in total. The van der Waals surface area contributed by atoms with Gasteiger partial charge < -0.3 is 9.47 Å². The molecule has 0 bridgehead atoms. The second-order valence-corrected chi connectivity index (χ2v) is 5.14. The van der Waals surface area contributed by atoms with Crippen molar-refractivity contribution in [1.29, 1.82) is 0 Å². The first kappa shape index (κ1) is 13.8. The van der Waals surface area contributed by atoms with Crippen molar-refractivity contribution in [1.82, 2.24) is 0 Å². The topological polar surface area (TPSA) is 35.5 Å². The first-order valence-corrected chi connectivity index (χ1v) is 6.09. The maximum absolute atomic E-state index is 12.1. The minimum Gasteiger partial charge on any atom is -0.496 e. The second-order valence-electron chi connectivity index (χ2n) is 5.14. The van der Waals surface area contributed by atoms with Crippen LogP contribution < -0.4 is 0 Å². The molecule has 0 saturated carbocycles. The third-order valence-corrected chi connectivity index (χ3v) is 2.58. The lowest BCUT2D eigenvalue weighted by Gasteiger charge is -2.24. The summed E-state index contributed by atoms with van der Waals surface area (Å²) in [4.78, 5) is 12.1. The summed E-state index contributed by atoms with van der Waals surface area (Å²) in [5.74, 6) is 0.446. The fraction of sp³-hybridized carbons (Fsp3) is 0.643. The zero-order valence-corrected chi connectivity index (χ0v) is 11.4. The largest absolute Gasteiger partial charge is 0.496 e. The predicted molar refractivity (Wildman–Crippen MR) is 67.5 cm³/mol. The highest BCUT2D eigenvalue weighted by Gasteiger charge is 2.26. The van der Waals surface area contributed by atoms with E-state index in [1.54, 1.807) is 7.11 Å². The fourth-order valence-corrected chi connectivity index (χ4v) is 1.88. The quantitative estimate of drug-likeness (QED) is 0.707. The van der Waals surface area contributed by atoms with Gasteiger partial charge in [-0.25, -0.2) is 4.79 Å². The van der Waals surface area contributed by atoms with Crippen LogP contribution >= 0.6 is 0 Å². The Morgan fingerprint density at radius 2 is 2.06 bits per heavy atom. The number of hydrogen-bond donors (Lipinski definition) is 0. The van der Waals surface area contributed by atoms with Crippen molar-refractivity contribution in [2.24, 2.45) is 0 Å². The standard InChI is InChI=1S/C14H22O3/c1-6-10-8-7-9-11(12(10)16-5)13(15)17-14(2,3)4/h8H,6-7,9H2,1-5H3. The summed E-state index contributed by atoms with van der Waals surface area (Å²) in [7, 11) is 1.61. The molecule has 1 rings (SSSR count). The third-order valence-electron chi connectivity index (χ3n) is 2.58. The minimum atomic E-state index is -0.462. The molecule has 0 aromatic carbocycles. The van der Waals surface area contributed by atoms with E-state index in [2.05, 4.69) is 13.0 Å². The predicted octanol–water partition coefficient (Wildman–Crippen LogP) is 3.36. The van der Waals surface area contributed by atoms with Crippen LogP contribution in [0.25, 0.3) is 0 Å². The number of carbonyl (C=O) groups is 1. The Morgan fingerprint density at radius 3 is 2.53 bits per heavy atom. The Balaban J connectivity index is 2.97. The highest BCUT2D eigenvalue weighted by molar-refractivity contribution is 5.90. The summed E-state index contributed by atoms with van der Waals surface area (Å²) in [5, 5.41) is 0. The summed E-state index contributed by atoms with van der Waals surface area (Å²) in [6.07, 6.45) is 4.58. The molecule has 0 fully saturated rings. The Kier molecular flexibility index (Phi) is 4.38. The van der Waals surface area contributed by atoms with Crippen molar-refractivity contribution in [3.63, 3.8) is 0 Å². The molecule has 0 unspecified atom stereocenters. The molecule has 17 heavy (non-hydrogen) atoms. The zero-order valence-electron chi connectivity index (χ0n) is 11.4. The van der Waals surface area contributed by atoms with Crippen LogP contribution in [-0.4, -0.2) is 18.7 Å². The molecule has 0 aromatic rings. The summed E-state index contributed by atoms with van der Waals surface area (Å²) < 4.78 is 10.8. The lowest BCUT2D eigenvalue weighted by Crippen LogP contribution is -2.26. The van der Waals surface area contributed by atoms with Crippen LogP contribution in [0.1, 0.15) is 47.0 Å². The van der Waals surface area contributed by atoms with Gasteiger partial charge in [0.15, 0.2) is 0 Å². The summed E-state index contributed by atoms with van der Waals surface area (Å²) in [6, 6.07) is 0. The molecule has 1 aliphatic rings. The van der Waals surface area contributed by atoms with Crippen LogP contribution in [0.3, 0.4) is 0 Å². The van der Waals surface area contributed by atoms with Gasteiger partial charge in [-0.05, 0) is 45.6 Å². The van der Waals surface area contributed by atoms with Gasteiger partial charge in [-0.2, -0.15) is 0 Å². The average molecular weight is 238 g/mol. The fourth-order valence-electron chi connectivity index (χ4n) is 1.88. The molecule has 0 radical (unpaired) electrons. The van der Waals surface area contributed by atoms with E-state index < -0.39 is 5.60 Å². The van der Waals surface area contributed by atoms with E-state index in [-0.39, 0.29) is 5.97 Å². The van der Waals surface area contributed by atoms with E-state index in [0.717, 1.165) is 18.4 Å². The molecule has 0 aliphatic heterocycles. The third kappa shape index (κ3) is 3.62. The maximum atomic E-state index is 12.1. The zero-order chi connectivity index (χ0) is 13.1. The molecule has 3 heteroatoms. The second kappa shape index (κ2) is 5.39. The monoisotopic (exact) mass is 238 g/mol. The molecule has 96 valence electrons. The molecule has 0 saturated heterocycles. The average Bonchev–Trinajstić information content (AvgIpc) is 2.25. The van der Waals surface area contributed by atoms with E-state index in [1.165, 1.54) is 0 Å². The van der Waals surface area contributed by atoms with Gasteiger partial charge in [0.2, 0.25) is 0 Å². The minimum absolute atomic E-state index is 0.256. The first-order chi connectivity index (χ1) is 7.89. The molecule has 0 N–H and O–H groups in total. The number of carbonyl (C=O) groups excluding carboxylic acids is 1. The van der Waals surface area contributed by atoms with Gasteiger partial charge in [0.05, 0.1) is 12.7 Å². The molecule has 0 heterocycles. The Bertz CT molecular complexity index is 356. The van der Waals surface area contributed by atoms with E-state index in [4.69, 9.17) is 9.47 Å². The van der Waals surface area contributed by atoms with Crippen molar-refractivity contribution in [3.05, 3.63) is 23.0 Å². The summed E-state index contributed by atoms with van der Waals surface area (Å²) in [6.45, 7) is 7.68. The first-order valence-electron chi connectivity index (χ1n) is 6.09. The van der Waals surface area contributed by atoms with E-state index >= 15 is 0 Å². The van der Waals surface area contributed by atoms with E-state index in [1.807, 2.05) is 20.8 Å². The van der Waals surface area contributed by atoms with Gasteiger partial charge in [-0.1, -0.05) is 13.0 Å². The van der Waals surface area contributed by atoms with Gasteiger partial charge in [0, 0.05) is 0 Å². The summed E-state index contributed by atoms with van der Waals surface area (Å²) in [5.41, 5.74) is 1.30. The Hall–Kier alpha value is -1.25. The van der Waals surface area contributed by atoms with E-state index in [9.17, 15) is 4.79 Å². The van der Waals surface area contributed by atoms with Crippen molar-refractivity contribution >= 4 is 5.97 Å². The van der Waals surface area contributed by atoms with Crippen LogP contribution in [0.15, 0.2) is 23.0 Å². The van der Waals surface area contributed by atoms with Crippen molar-refractivity contribution in [2.45, 2.75) is 52.6 Å². The van der Waals surface area contributed by atoms with Gasteiger partial charge in [0.1, 0.15) is 11.4 Å². The molecule has 0 spiro atoms. The van der Waals surface area contributed by atoms with Crippen LogP contribution in [0.4, 0.5) is 0 Å². The molecule has 1 aliphatic carbocycles. The summed E-state index contributed by atoms with van der Waals surface area (Å²) >= 11 is 0. The van der Waals surface area contributed by atoms with Crippen LogP contribution in [0.5, 0.6) is 0 Å². The lowest BCUT2D eigenvalue weighted by molar-refractivity contribution is -0.150. The normalized spacial score (nSPS) is 16.6. The van der Waals surface area contributed by atoms with Crippen LogP contribution in [0, 0.1) is 0 Å². The number of allylic oxidation sites excluding steroid dienone is 2. The Morgan fingerprint density at radius 1 is 1.41 bits per heavy atom. The van der Waals surface area contributed by atoms with Crippen molar-refractivity contribution in [3.8, 4) is 0 Å². The highest BCUT2D eigenvalue weighted by atomic mass is 16.6. The van der Waals surface area contributed by atoms with Crippen LogP contribution in [-0.2, 0) is 14.3 Å². The lowest BCUT2D eigenvalue weighted by atomic mass is 9.95. The van der Waals surface area contributed by atoms with Gasteiger partial charge in [-0.15, -0.1) is 0 Å². The number of rotatable bonds is 3. The van der Waals surface area contributed by atoms with Crippen molar-refractivity contribution < 1.29 is 14.3 Å². The van der Waals surface area contributed by atoms with Gasteiger partial charge in [0.25, 0.3) is 0 Å². The molecule has 0 amide bonds.